The number of halogens is 2. The van der Waals surface area contributed by atoms with E-state index in [1.807, 2.05) is 12.1 Å². The van der Waals surface area contributed by atoms with E-state index in [4.69, 9.17) is 11.6 Å². The van der Waals surface area contributed by atoms with Crippen molar-refractivity contribution in [2.75, 3.05) is 17.1 Å². The first-order valence-corrected chi connectivity index (χ1v) is 14.8. The number of hydrogen-bond acceptors (Lipinski definition) is 4. The molecule has 0 aromatic heterocycles. The average molecular weight is 552 g/mol. The second-order valence-corrected chi connectivity index (χ2v) is 11.9. The number of hydrogen-bond donors (Lipinski definition) is 1. The van der Waals surface area contributed by atoms with Crippen LogP contribution in [-0.2, 0) is 26.2 Å². The van der Waals surface area contributed by atoms with Crippen molar-refractivity contribution in [1.29, 1.82) is 0 Å². The first-order valence-electron chi connectivity index (χ1n) is 12.6. The maximum absolute atomic E-state index is 13.4. The quantitative estimate of drug-likeness (QED) is 0.431. The van der Waals surface area contributed by atoms with Crippen LogP contribution in [0.1, 0.15) is 57.4 Å². The van der Waals surface area contributed by atoms with Crippen molar-refractivity contribution in [3.05, 3.63) is 64.9 Å². The van der Waals surface area contributed by atoms with Crippen molar-refractivity contribution >= 4 is 39.1 Å². The molecule has 0 spiro atoms. The number of sulfonamides is 1. The van der Waals surface area contributed by atoms with Gasteiger partial charge in [-0.05, 0) is 68.1 Å². The lowest BCUT2D eigenvalue weighted by molar-refractivity contribution is -0.141. The summed E-state index contributed by atoms with van der Waals surface area (Å²) >= 11 is 6.01. The molecule has 1 atom stereocenters. The van der Waals surface area contributed by atoms with Gasteiger partial charge in [-0.2, -0.15) is 0 Å². The van der Waals surface area contributed by atoms with Gasteiger partial charge in [-0.1, -0.05) is 43.0 Å². The minimum absolute atomic E-state index is 0.0435. The zero-order valence-electron chi connectivity index (χ0n) is 21.3. The third-order valence-electron chi connectivity index (χ3n) is 6.65. The largest absolute Gasteiger partial charge is 0.352 e. The van der Waals surface area contributed by atoms with Gasteiger partial charge >= 0.3 is 0 Å². The lowest BCUT2D eigenvalue weighted by Gasteiger charge is -2.31. The summed E-state index contributed by atoms with van der Waals surface area (Å²) in [7, 11) is -3.64. The molecule has 3 rings (SSSR count). The Morgan fingerprint density at radius 2 is 1.68 bits per heavy atom. The fourth-order valence-electron chi connectivity index (χ4n) is 4.55. The van der Waals surface area contributed by atoms with E-state index in [0.717, 1.165) is 41.8 Å². The summed E-state index contributed by atoms with van der Waals surface area (Å²) in [6.45, 7) is 1.99. The van der Waals surface area contributed by atoms with E-state index >= 15 is 0 Å². The van der Waals surface area contributed by atoms with E-state index in [-0.39, 0.29) is 43.8 Å². The summed E-state index contributed by atoms with van der Waals surface area (Å²) in [5.74, 6) is -0.919. The van der Waals surface area contributed by atoms with E-state index in [2.05, 4.69) is 5.32 Å². The van der Waals surface area contributed by atoms with E-state index in [0.29, 0.717) is 10.7 Å². The summed E-state index contributed by atoms with van der Waals surface area (Å²) in [4.78, 5) is 28.0. The Bertz CT molecular complexity index is 1150. The van der Waals surface area contributed by atoms with Crippen molar-refractivity contribution in [3.63, 3.8) is 0 Å². The summed E-state index contributed by atoms with van der Waals surface area (Å²) in [5, 5.41) is 3.67. The van der Waals surface area contributed by atoms with Crippen molar-refractivity contribution in [1.82, 2.24) is 10.2 Å². The van der Waals surface area contributed by atoms with Crippen LogP contribution < -0.4 is 9.62 Å². The number of benzene rings is 2. The Morgan fingerprint density at radius 1 is 1.05 bits per heavy atom. The molecule has 1 unspecified atom stereocenters. The Kier molecular flexibility index (Phi) is 10.3. The van der Waals surface area contributed by atoms with Gasteiger partial charge in [0.25, 0.3) is 0 Å². The van der Waals surface area contributed by atoms with Crippen LogP contribution >= 0.6 is 11.6 Å². The second kappa shape index (κ2) is 13.2. The number of carbonyl (C=O) groups is 2. The SMILES string of the molecule is CC(C(=O)NC1CCCCC1)N(Cc1ccc(Cl)cc1)C(=O)CCCN(c1ccc(F)cc1)S(C)(=O)=O. The van der Waals surface area contributed by atoms with Crippen LogP contribution in [0.4, 0.5) is 10.1 Å². The predicted octanol–water partition coefficient (Wildman–Crippen LogP) is 4.89. The highest BCUT2D eigenvalue weighted by Crippen LogP contribution is 2.21. The molecule has 1 aliphatic rings. The first-order chi connectivity index (χ1) is 17.5. The predicted molar refractivity (Wildman–Crippen MR) is 144 cm³/mol. The van der Waals surface area contributed by atoms with E-state index in [9.17, 15) is 22.4 Å². The van der Waals surface area contributed by atoms with E-state index in [1.54, 1.807) is 19.1 Å². The molecule has 0 radical (unpaired) electrons. The van der Waals surface area contributed by atoms with Gasteiger partial charge in [0, 0.05) is 30.6 Å². The molecule has 2 aromatic rings. The first kappa shape index (κ1) is 28.9. The molecule has 0 bridgehead atoms. The van der Waals surface area contributed by atoms with Crippen molar-refractivity contribution < 1.29 is 22.4 Å². The van der Waals surface area contributed by atoms with Crippen molar-refractivity contribution in [2.45, 2.75) is 70.5 Å². The van der Waals surface area contributed by atoms with Crippen LogP contribution in [0.25, 0.3) is 0 Å². The normalized spacial score (nSPS) is 15.1. The highest BCUT2D eigenvalue weighted by molar-refractivity contribution is 7.92. The molecule has 0 heterocycles. The third-order valence-corrected chi connectivity index (χ3v) is 8.10. The topological polar surface area (TPSA) is 86.8 Å². The van der Waals surface area contributed by atoms with Gasteiger partial charge in [0.15, 0.2) is 0 Å². The molecule has 1 N–H and O–H groups in total. The molecule has 1 fully saturated rings. The molecule has 7 nitrogen and oxygen atoms in total. The van der Waals surface area contributed by atoms with Gasteiger partial charge in [0.1, 0.15) is 11.9 Å². The number of rotatable bonds is 11. The second-order valence-electron chi connectivity index (χ2n) is 9.58. The fraction of sp³-hybridized carbons (Fsp3) is 0.481. The van der Waals surface area contributed by atoms with Crippen LogP contribution in [0, 0.1) is 5.82 Å². The number of carbonyl (C=O) groups excluding carboxylic acids is 2. The van der Waals surface area contributed by atoms with E-state index < -0.39 is 21.9 Å². The third kappa shape index (κ3) is 8.71. The average Bonchev–Trinajstić information content (AvgIpc) is 2.86. The highest BCUT2D eigenvalue weighted by Gasteiger charge is 2.28. The maximum Gasteiger partial charge on any atom is 0.242 e. The zero-order chi connectivity index (χ0) is 27.0. The molecule has 10 heteroatoms. The maximum atomic E-state index is 13.4. The monoisotopic (exact) mass is 551 g/mol. The van der Waals surface area contributed by atoms with Crippen LogP contribution in [0.3, 0.4) is 0 Å². The zero-order valence-corrected chi connectivity index (χ0v) is 22.9. The summed E-state index contributed by atoms with van der Waals surface area (Å²) in [6, 6.07) is 11.7. The van der Waals surface area contributed by atoms with Gasteiger partial charge in [0.05, 0.1) is 11.9 Å². The molecule has 37 heavy (non-hydrogen) atoms. The van der Waals surface area contributed by atoms with E-state index in [1.165, 1.54) is 35.6 Å². The standard InChI is InChI=1S/C27H35ClFN3O4S/c1-20(27(34)30-24-7-4-3-5-8-24)31(19-21-10-12-22(28)13-11-21)26(33)9-6-18-32(37(2,35)36)25-16-14-23(29)15-17-25/h10-17,20,24H,3-9,18-19H2,1-2H3,(H,30,34). The Balaban J connectivity index is 1.70. The molecular weight excluding hydrogens is 517 g/mol. The highest BCUT2D eigenvalue weighted by atomic mass is 35.5. The van der Waals surface area contributed by atoms with Crippen LogP contribution in [0.5, 0.6) is 0 Å². The molecule has 1 aliphatic carbocycles. The summed E-state index contributed by atoms with van der Waals surface area (Å²) < 4.78 is 39.2. The van der Waals surface area contributed by atoms with Gasteiger partial charge < -0.3 is 10.2 Å². The molecule has 202 valence electrons. The number of amides is 2. The molecule has 0 saturated heterocycles. The molecule has 2 amide bonds. The number of nitrogens with one attached hydrogen (secondary N) is 1. The van der Waals surface area contributed by atoms with Gasteiger partial charge in [-0.15, -0.1) is 0 Å². The van der Waals surface area contributed by atoms with Gasteiger partial charge in [-0.25, -0.2) is 12.8 Å². The fourth-order valence-corrected chi connectivity index (χ4v) is 5.64. The lowest BCUT2D eigenvalue weighted by Crippen LogP contribution is -2.50. The van der Waals surface area contributed by atoms with Crippen LogP contribution in [-0.4, -0.2) is 50.0 Å². The smallest absolute Gasteiger partial charge is 0.242 e. The molecular formula is C27H35ClFN3O4S. The van der Waals surface area contributed by atoms with Gasteiger partial charge in [0.2, 0.25) is 21.8 Å². The Labute approximate surface area is 224 Å². The van der Waals surface area contributed by atoms with Crippen LogP contribution in [0.15, 0.2) is 48.5 Å². The Morgan fingerprint density at radius 3 is 2.27 bits per heavy atom. The molecule has 0 aliphatic heterocycles. The lowest BCUT2D eigenvalue weighted by atomic mass is 9.95. The Hall–Kier alpha value is -2.65. The van der Waals surface area contributed by atoms with Crippen LogP contribution in [0.2, 0.25) is 5.02 Å². The number of nitrogens with zero attached hydrogens (tertiary/aromatic N) is 2. The molecule has 1 saturated carbocycles. The van der Waals surface area contributed by atoms with Crippen molar-refractivity contribution in [2.24, 2.45) is 0 Å². The summed E-state index contributed by atoms with van der Waals surface area (Å²) in [5.41, 5.74) is 1.16. The minimum Gasteiger partial charge on any atom is -0.352 e. The minimum atomic E-state index is -3.64. The number of anilines is 1. The summed E-state index contributed by atoms with van der Waals surface area (Å²) in [6.07, 6.45) is 6.56. The molecule has 2 aromatic carbocycles. The van der Waals surface area contributed by atoms with Crippen molar-refractivity contribution in [3.8, 4) is 0 Å². The van der Waals surface area contributed by atoms with Gasteiger partial charge in [-0.3, -0.25) is 13.9 Å².